The van der Waals surface area contributed by atoms with Crippen molar-refractivity contribution < 1.29 is 18.0 Å². The van der Waals surface area contributed by atoms with E-state index < -0.39 is 24.7 Å². The number of hydrogen-bond donors (Lipinski definition) is 2. The zero-order valence-electron chi connectivity index (χ0n) is 10.8. The average molecular weight is 294 g/mol. The Hall–Kier alpha value is -1.08. The standard InChI is InChI=1S/C12H17F3N2OS/c1-3-9-4-5-19-10(9)6-16-8(2)11(18)17-7-12(13,14)15/h4-5,8,16H,3,6-7H2,1-2H3,(H,17,18). The average Bonchev–Trinajstić information content (AvgIpc) is 2.79. The van der Waals surface area contributed by atoms with E-state index in [1.54, 1.807) is 18.3 Å². The molecule has 0 saturated carbocycles. The van der Waals surface area contributed by atoms with Gasteiger partial charge in [0.2, 0.25) is 5.91 Å². The third-order valence-electron chi connectivity index (χ3n) is 2.64. The molecule has 7 heteroatoms. The molecule has 1 aromatic heterocycles. The van der Waals surface area contributed by atoms with Gasteiger partial charge >= 0.3 is 6.18 Å². The lowest BCUT2D eigenvalue weighted by atomic mass is 10.2. The highest BCUT2D eigenvalue weighted by Crippen LogP contribution is 2.17. The van der Waals surface area contributed by atoms with Crippen LogP contribution in [0, 0.1) is 0 Å². The zero-order chi connectivity index (χ0) is 14.5. The van der Waals surface area contributed by atoms with Gasteiger partial charge in [-0.1, -0.05) is 6.92 Å². The van der Waals surface area contributed by atoms with Gasteiger partial charge in [-0.15, -0.1) is 11.3 Å². The summed E-state index contributed by atoms with van der Waals surface area (Å²) in [6.45, 7) is 2.77. The van der Waals surface area contributed by atoms with Crippen LogP contribution >= 0.6 is 11.3 Å². The lowest BCUT2D eigenvalue weighted by Crippen LogP contribution is -2.44. The van der Waals surface area contributed by atoms with Gasteiger partial charge in [-0.2, -0.15) is 13.2 Å². The van der Waals surface area contributed by atoms with Crippen LogP contribution in [0.4, 0.5) is 13.2 Å². The van der Waals surface area contributed by atoms with Gasteiger partial charge in [-0.25, -0.2) is 0 Å². The lowest BCUT2D eigenvalue weighted by Gasteiger charge is -2.15. The van der Waals surface area contributed by atoms with E-state index in [0.717, 1.165) is 11.3 Å². The molecule has 1 unspecified atom stereocenters. The second-order valence-corrected chi connectivity index (χ2v) is 5.16. The number of hydrogen-bond acceptors (Lipinski definition) is 3. The van der Waals surface area contributed by atoms with Crippen molar-refractivity contribution in [1.82, 2.24) is 10.6 Å². The maximum atomic E-state index is 12.0. The van der Waals surface area contributed by atoms with Crippen LogP contribution in [0.25, 0.3) is 0 Å². The van der Waals surface area contributed by atoms with E-state index in [9.17, 15) is 18.0 Å². The van der Waals surface area contributed by atoms with E-state index in [1.165, 1.54) is 5.56 Å². The summed E-state index contributed by atoms with van der Waals surface area (Å²) >= 11 is 1.57. The van der Waals surface area contributed by atoms with Crippen LogP contribution in [0.5, 0.6) is 0 Å². The second-order valence-electron chi connectivity index (χ2n) is 4.16. The largest absolute Gasteiger partial charge is 0.405 e. The number of amides is 1. The number of alkyl halides is 3. The summed E-state index contributed by atoms with van der Waals surface area (Å²) in [7, 11) is 0. The molecule has 2 N–H and O–H groups in total. The Morgan fingerprint density at radius 1 is 1.47 bits per heavy atom. The molecular formula is C12H17F3N2OS. The molecule has 0 bridgehead atoms. The van der Waals surface area contributed by atoms with Gasteiger partial charge in [0.1, 0.15) is 6.54 Å². The van der Waals surface area contributed by atoms with E-state index in [-0.39, 0.29) is 0 Å². The third-order valence-corrected chi connectivity index (χ3v) is 3.61. The molecule has 1 aromatic rings. The van der Waals surface area contributed by atoms with Crippen LogP contribution in [0.15, 0.2) is 11.4 Å². The highest BCUT2D eigenvalue weighted by atomic mass is 32.1. The SMILES string of the molecule is CCc1ccsc1CNC(C)C(=O)NCC(F)(F)F. The molecule has 0 aliphatic heterocycles. The van der Waals surface area contributed by atoms with Gasteiger partial charge in [0, 0.05) is 11.4 Å². The third kappa shape index (κ3) is 5.61. The van der Waals surface area contributed by atoms with Gasteiger partial charge in [0.05, 0.1) is 6.04 Å². The summed E-state index contributed by atoms with van der Waals surface area (Å²) < 4.78 is 35.9. The van der Waals surface area contributed by atoms with Crippen LogP contribution in [-0.2, 0) is 17.8 Å². The van der Waals surface area contributed by atoms with Crippen molar-refractivity contribution in [3.8, 4) is 0 Å². The van der Waals surface area contributed by atoms with Gasteiger partial charge in [0.15, 0.2) is 0 Å². The zero-order valence-corrected chi connectivity index (χ0v) is 11.6. The molecule has 0 spiro atoms. The van der Waals surface area contributed by atoms with Crippen LogP contribution in [0.1, 0.15) is 24.3 Å². The van der Waals surface area contributed by atoms with Crippen LogP contribution in [0.3, 0.4) is 0 Å². The van der Waals surface area contributed by atoms with E-state index in [1.807, 2.05) is 23.7 Å². The number of nitrogens with one attached hydrogen (secondary N) is 2. The van der Waals surface area contributed by atoms with Crippen molar-refractivity contribution >= 4 is 17.2 Å². The molecule has 0 radical (unpaired) electrons. The van der Waals surface area contributed by atoms with E-state index >= 15 is 0 Å². The monoisotopic (exact) mass is 294 g/mol. The minimum Gasteiger partial charge on any atom is -0.346 e. The first-order valence-corrected chi connectivity index (χ1v) is 6.84. The lowest BCUT2D eigenvalue weighted by molar-refractivity contribution is -0.139. The Balaban J connectivity index is 2.38. The Kier molecular flexibility index (Phi) is 5.81. The first-order chi connectivity index (χ1) is 8.83. The van der Waals surface area contributed by atoms with Crippen LogP contribution in [0.2, 0.25) is 0 Å². The van der Waals surface area contributed by atoms with Crippen molar-refractivity contribution in [1.29, 1.82) is 0 Å². The van der Waals surface area contributed by atoms with Crippen molar-refractivity contribution in [3.05, 3.63) is 21.9 Å². The molecule has 108 valence electrons. The summed E-state index contributed by atoms with van der Waals surface area (Å²) in [4.78, 5) is 12.5. The Labute approximate surface area is 114 Å². The quantitative estimate of drug-likeness (QED) is 0.846. The van der Waals surface area contributed by atoms with Crippen molar-refractivity contribution in [2.24, 2.45) is 0 Å². The summed E-state index contributed by atoms with van der Waals surface area (Å²) in [5.74, 6) is -0.646. The highest BCUT2D eigenvalue weighted by molar-refractivity contribution is 7.10. The molecule has 1 rings (SSSR count). The smallest absolute Gasteiger partial charge is 0.346 e. The first kappa shape index (κ1) is 16.0. The molecule has 0 aromatic carbocycles. The number of carbonyl (C=O) groups is 1. The van der Waals surface area contributed by atoms with Gasteiger partial charge in [-0.05, 0) is 30.4 Å². The Morgan fingerprint density at radius 3 is 2.74 bits per heavy atom. The van der Waals surface area contributed by atoms with Crippen LogP contribution < -0.4 is 10.6 Å². The number of aryl methyl sites for hydroxylation is 1. The first-order valence-electron chi connectivity index (χ1n) is 5.96. The van der Waals surface area contributed by atoms with Crippen molar-refractivity contribution in [3.63, 3.8) is 0 Å². The number of halogens is 3. The van der Waals surface area contributed by atoms with E-state index in [0.29, 0.717) is 6.54 Å². The highest BCUT2D eigenvalue weighted by Gasteiger charge is 2.28. The second kappa shape index (κ2) is 6.91. The van der Waals surface area contributed by atoms with Crippen LogP contribution in [-0.4, -0.2) is 24.7 Å². The summed E-state index contributed by atoms with van der Waals surface area (Å²) in [6.07, 6.45) is -3.48. The fourth-order valence-corrected chi connectivity index (χ4v) is 2.44. The topological polar surface area (TPSA) is 41.1 Å². The van der Waals surface area contributed by atoms with Gasteiger partial charge < -0.3 is 10.6 Å². The van der Waals surface area contributed by atoms with Gasteiger partial charge in [-0.3, -0.25) is 4.79 Å². The predicted octanol–water partition coefficient (Wildman–Crippen LogP) is 2.47. The summed E-state index contributed by atoms with van der Waals surface area (Å²) in [6, 6.07) is 1.35. The summed E-state index contributed by atoms with van der Waals surface area (Å²) in [5.41, 5.74) is 1.19. The molecule has 0 aliphatic rings. The summed E-state index contributed by atoms with van der Waals surface area (Å²) in [5, 5.41) is 6.75. The molecule has 0 fully saturated rings. The maximum Gasteiger partial charge on any atom is 0.405 e. The minimum absolute atomic E-state index is 0.488. The molecule has 1 atom stereocenters. The number of carbonyl (C=O) groups excluding carboxylic acids is 1. The molecule has 0 saturated heterocycles. The Bertz CT molecular complexity index is 417. The number of thiophene rings is 1. The van der Waals surface area contributed by atoms with Gasteiger partial charge in [0.25, 0.3) is 0 Å². The minimum atomic E-state index is -4.38. The Morgan fingerprint density at radius 2 is 2.16 bits per heavy atom. The van der Waals surface area contributed by atoms with Crippen molar-refractivity contribution in [2.75, 3.05) is 6.54 Å². The predicted molar refractivity (Wildman–Crippen MR) is 69.1 cm³/mol. The number of rotatable bonds is 6. The molecule has 3 nitrogen and oxygen atoms in total. The van der Waals surface area contributed by atoms with E-state index in [4.69, 9.17) is 0 Å². The molecular weight excluding hydrogens is 277 g/mol. The maximum absolute atomic E-state index is 12.0. The molecule has 0 aliphatic carbocycles. The normalized spacial score (nSPS) is 13.3. The fraction of sp³-hybridized carbons (Fsp3) is 0.583. The molecule has 19 heavy (non-hydrogen) atoms. The molecule has 1 heterocycles. The molecule has 1 amide bonds. The fourth-order valence-electron chi connectivity index (χ4n) is 1.52. The van der Waals surface area contributed by atoms with E-state index in [2.05, 4.69) is 5.32 Å². The van der Waals surface area contributed by atoms with Crippen molar-refractivity contribution in [2.45, 2.75) is 39.0 Å².